The van der Waals surface area contributed by atoms with Crippen molar-refractivity contribution in [2.75, 3.05) is 12.4 Å². The van der Waals surface area contributed by atoms with Crippen molar-refractivity contribution in [1.29, 1.82) is 0 Å². The van der Waals surface area contributed by atoms with E-state index in [2.05, 4.69) is 10.6 Å². The van der Waals surface area contributed by atoms with Gasteiger partial charge in [0.15, 0.2) is 0 Å². The zero-order valence-corrected chi connectivity index (χ0v) is 11.4. The molecule has 20 heavy (non-hydrogen) atoms. The molecule has 0 unspecified atom stereocenters. The number of halogens is 1. The maximum atomic E-state index is 13.2. The Morgan fingerprint density at radius 1 is 1.30 bits per heavy atom. The van der Waals surface area contributed by atoms with Crippen molar-refractivity contribution in [3.63, 3.8) is 0 Å². The van der Waals surface area contributed by atoms with E-state index in [1.807, 2.05) is 0 Å². The number of urea groups is 1. The molecule has 0 spiro atoms. The van der Waals surface area contributed by atoms with Gasteiger partial charge in [-0.15, -0.1) is 11.3 Å². The first-order valence-corrected chi connectivity index (χ1v) is 6.51. The van der Waals surface area contributed by atoms with Crippen LogP contribution in [-0.4, -0.2) is 19.0 Å². The Kier molecular flexibility index (Phi) is 3.99. The van der Waals surface area contributed by atoms with E-state index in [0.29, 0.717) is 15.4 Å². The smallest absolute Gasteiger partial charge is 0.319 e. The van der Waals surface area contributed by atoms with Gasteiger partial charge < -0.3 is 11.1 Å². The molecule has 3 amide bonds. The molecule has 0 aliphatic carbocycles. The van der Waals surface area contributed by atoms with Gasteiger partial charge in [-0.05, 0) is 23.8 Å². The number of benzene rings is 1. The molecule has 0 bridgehead atoms. The van der Waals surface area contributed by atoms with Gasteiger partial charge >= 0.3 is 6.03 Å². The normalized spacial score (nSPS) is 10.1. The van der Waals surface area contributed by atoms with Crippen molar-refractivity contribution in [1.82, 2.24) is 5.32 Å². The van der Waals surface area contributed by atoms with Crippen molar-refractivity contribution >= 4 is 28.3 Å². The van der Waals surface area contributed by atoms with Crippen LogP contribution < -0.4 is 16.4 Å². The highest BCUT2D eigenvalue weighted by atomic mass is 32.1. The maximum absolute atomic E-state index is 13.2. The van der Waals surface area contributed by atoms with Crippen LogP contribution >= 0.6 is 11.3 Å². The number of hydrogen-bond acceptors (Lipinski definition) is 3. The van der Waals surface area contributed by atoms with E-state index in [1.165, 1.54) is 25.2 Å². The zero-order chi connectivity index (χ0) is 14.7. The van der Waals surface area contributed by atoms with Crippen LogP contribution in [0.2, 0.25) is 0 Å². The Bertz CT molecular complexity index is 669. The second-order valence-electron chi connectivity index (χ2n) is 3.93. The molecule has 5 nitrogen and oxygen atoms in total. The van der Waals surface area contributed by atoms with Crippen LogP contribution in [0.1, 0.15) is 10.4 Å². The SMILES string of the molecule is CNC(=O)Nc1sc(-c2cccc(F)c2)cc1C(N)=O. The van der Waals surface area contributed by atoms with Crippen LogP contribution in [0, 0.1) is 5.82 Å². The molecular weight excluding hydrogens is 281 g/mol. The number of hydrogen-bond donors (Lipinski definition) is 3. The van der Waals surface area contributed by atoms with Gasteiger partial charge in [0.25, 0.3) is 5.91 Å². The Balaban J connectivity index is 2.43. The second kappa shape index (κ2) is 5.70. The summed E-state index contributed by atoms with van der Waals surface area (Å²) in [6, 6.07) is 7.03. The predicted molar refractivity (Wildman–Crippen MR) is 76.3 cm³/mol. The molecule has 0 radical (unpaired) electrons. The number of nitrogens with one attached hydrogen (secondary N) is 2. The highest BCUT2D eigenvalue weighted by molar-refractivity contribution is 7.20. The number of thiophene rings is 1. The zero-order valence-electron chi connectivity index (χ0n) is 10.6. The van der Waals surface area contributed by atoms with E-state index in [0.717, 1.165) is 11.3 Å². The Hall–Kier alpha value is -2.41. The average Bonchev–Trinajstić information content (AvgIpc) is 2.82. The number of carbonyl (C=O) groups excluding carboxylic acids is 2. The minimum absolute atomic E-state index is 0.192. The monoisotopic (exact) mass is 293 g/mol. The molecule has 1 aromatic carbocycles. The molecule has 0 saturated heterocycles. The lowest BCUT2D eigenvalue weighted by atomic mass is 10.1. The molecule has 1 aromatic heterocycles. The number of carbonyl (C=O) groups is 2. The van der Waals surface area contributed by atoms with Crippen molar-refractivity contribution in [3.8, 4) is 10.4 Å². The molecule has 0 saturated carbocycles. The van der Waals surface area contributed by atoms with Crippen LogP contribution in [0.3, 0.4) is 0 Å². The number of nitrogens with two attached hydrogens (primary N) is 1. The van der Waals surface area contributed by atoms with E-state index >= 15 is 0 Å². The van der Waals surface area contributed by atoms with E-state index in [1.54, 1.807) is 12.1 Å². The van der Waals surface area contributed by atoms with Gasteiger partial charge in [-0.2, -0.15) is 0 Å². The second-order valence-corrected chi connectivity index (χ2v) is 4.98. The Morgan fingerprint density at radius 3 is 2.65 bits per heavy atom. The van der Waals surface area contributed by atoms with Gasteiger partial charge in [0.05, 0.1) is 5.56 Å². The highest BCUT2D eigenvalue weighted by Crippen LogP contribution is 2.35. The van der Waals surface area contributed by atoms with Crippen molar-refractivity contribution in [3.05, 3.63) is 41.7 Å². The largest absolute Gasteiger partial charge is 0.366 e. The van der Waals surface area contributed by atoms with E-state index < -0.39 is 11.9 Å². The third-order valence-corrected chi connectivity index (χ3v) is 3.66. The average molecular weight is 293 g/mol. The molecule has 2 aromatic rings. The fourth-order valence-corrected chi connectivity index (χ4v) is 2.67. The van der Waals surface area contributed by atoms with Crippen molar-refractivity contribution in [2.45, 2.75) is 0 Å². The third kappa shape index (κ3) is 2.94. The summed E-state index contributed by atoms with van der Waals surface area (Å²) in [6.45, 7) is 0. The van der Waals surface area contributed by atoms with Gasteiger partial charge in [0.2, 0.25) is 0 Å². The van der Waals surface area contributed by atoms with Gasteiger partial charge in [0, 0.05) is 11.9 Å². The summed E-state index contributed by atoms with van der Waals surface area (Å²) in [5.74, 6) is -1.03. The summed E-state index contributed by atoms with van der Waals surface area (Å²) in [5.41, 5.74) is 6.08. The summed E-state index contributed by atoms with van der Waals surface area (Å²) in [6.07, 6.45) is 0. The van der Waals surface area contributed by atoms with Crippen molar-refractivity contribution in [2.24, 2.45) is 5.73 Å². The lowest BCUT2D eigenvalue weighted by Crippen LogP contribution is -2.25. The first-order chi connectivity index (χ1) is 9.51. The third-order valence-electron chi connectivity index (χ3n) is 2.56. The molecule has 2 rings (SSSR count). The molecule has 0 aliphatic heterocycles. The number of amides is 3. The number of primary amides is 1. The fourth-order valence-electron chi connectivity index (χ4n) is 1.62. The number of rotatable bonds is 3. The summed E-state index contributed by atoms with van der Waals surface area (Å²) in [4.78, 5) is 23.4. The lowest BCUT2D eigenvalue weighted by molar-refractivity contribution is 0.100. The summed E-state index contributed by atoms with van der Waals surface area (Å²) in [7, 11) is 1.46. The molecule has 4 N–H and O–H groups in total. The topological polar surface area (TPSA) is 84.2 Å². The van der Waals surface area contributed by atoms with Gasteiger partial charge in [0.1, 0.15) is 10.8 Å². The van der Waals surface area contributed by atoms with Gasteiger partial charge in [-0.1, -0.05) is 12.1 Å². The molecule has 104 valence electrons. The Labute approximate surface area is 118 Å². The molecule has 0 fully saturated rings. The standard InChI is InChI=1S/C13H12FN3O2S/c1-16-13(19)17-12-9(11(15)18)6-10(20-12)7-3-2-4-8(14)5-7/h2-6H,1H3,(H2,15,18)(H2,16,17,19). The van der Waals surface area contributed by atoms with Crippen LogP contribution in [0.5, 0.6) is 0 Å². The fraction of sp³-hybridized carbons (Fsp3) is 0.0769. The van der Waals surface area contributed by atoms with Crippen LogP contribution in [0.4, 0.5) is 14.2 Å². The first kappa shape index (κ1) is 14.0. The summed E-state index contributed by atoms with van der Waals surface area (Å²) < 4.78 is 13.2. The molecular formula is C13H12FN3O2S. The first-order valence-electron chi connectivity index (χ1n) is 5.69. The van der Waals surface area contributed by atoms with Crippen LogP contribution in [0.25, 0.3) is 10.4 Å². The summed E-state index contributed by atoms with van der Waals surface area (Å²) in [5, 5.41) is 5.23. The molecule has 0 aliphatic rings. The van der Waals surface area contributed by atoms with Crippen LogP contribution in [0.15, 0.2) is 30.3 Å². The minimum atomic E-state index is -0.657. The maximum Gasteiger partial charge on any atom is 0.319 e. The van der Waals surface area contributed by atoms with E-state index in [-0.39, 0.29) is 11.4 Å². The van der Waals surface area contributed by atoms with E-state index in [4.69, 9.17) is 5.73 Å². The Morgan fingerprint density at radius 2 is 2.05 bits per heavy atom. The predicted octanol–water partition coefficient (Wildman–Crippen LogP) is 2.40. The van der Waals surface area contributed by atoms with Crippen molar-refractivity contribution < 1.29 is 14.0 Å². The van der Waals surface area contributed by atoms with Gasteiger partial charge in [-0.25, -0.2) is 9.18 Å². The molecule has 1 heterocycles. The molecule has 7 heteroatoms. The summed E-state index contributed by atoms with van der Waals surface area (Å²) >= 11 is 1.15. The molecule has 0 atom stereocenters. The lowest BCUT2D eigenvalue weighted by Gasteiger charge is -2.02. The quantitative estimate of drug-likeness (QED) is 0.812. The van der Waals surface area contributed by atoms with E-state index in [9.17, 15) is 14.0 Å². The minimum Gasteiger partial charge on any atom is -0.366 e. The van der Waals surface area contributed by atoms with Gasteiger partial charge in [-0.3, -0.25) is 10.1 Å². The number of anilines is 1. The van der Waals surface area contributed by atoms with Crippen LogP contribution in [-0.2, 0) is 0 Å². The highest BCUT2D eigenvalue weighted by Gasteiger charge is 2.16.